The summed E-state index contributed by atoms with van der Waals surface area (Å²) in [7, 11) is 0. The minimum atomic E-state index is -0.208. The molecule has 1 N–H and O–H groups in total. The maximum atomic E-state index is 12.9. The predicted octanol–water partition coefficient (Wildman–Crippen LogP) is 6.22. The fraction of sp³-hybridized carbons (Fsp3) is 0.531. The van der Waals surface area contributed by atoms with Gasteiger partial charge in [0.25, 0.3) is 0 Å². The molecule has 2 aromatic carbocycles. The van der Waals surface area contributed by atoms with E-state index in [2.05, 4.69) is 23.1 Å². The number of Topliss-reactive ketones (excluding diaryl/α,β-unsaturated/α-hetero) is 1. The van der Waals surface area contributed by atoms with E-state index < -0.39 is 0 Å². The second-order valence-electron chi connectivity index (χ2n) is 11.3. The monoisotopic (exact) mass is 521 g/mol. The largest absolute Gasteiger partial charge is 0.512 e. The summed E-state index contributed by atoms with van der Waals surface area (Å²) < 4.78 is 17.2. The van der Waals surface area contributed by atoms with Crippen LogP contribution in [0.25, 0.3) is 16.7 Å². The molecule has 6 nitrogen and oxygen atoms in total. The molecular weight excluding hydrogens is 478 g/mol. The molecule has 0 unspecified atom stereocenters. The summed E-state index contributed by atoms with van der Waals surface area (Å²) in [6.45, 7) is 13.8. The van der Waals surface area contributed by atoms with Gasteiger partial charge in [0, 0.05) is 39.1 Å². The van der Waals surface area contributed by atoms with Crippen LogP contribution < -0.4 is 4.74 Å². The molecule has 1 saturated heterocycles. The summed E-state index contributed by atoms with van der Waals surface area (Å²) >= 11 is 0. The van der Waals surface area contributed by atoms with Gasteiger partial charge in [0.1, 0.15) is 17.6 Å². The van der Waals surface area contributed by atoms with E-state index in [0.717, 1.165) is 73.7 Å². The van der Waals surface area contributed by atoms with Crippen molar-refractivity contribution < 1.29 is 24.1 Å². The molecule has 1 aliphatic heterocycles. The number of aliphatic hydroxyl groups excluding tert-OH is 1. The van der Waals surface area contributed by atoms with Crippen LogP contribution >= 0.6 is 0 Å². The first-order chi connectivity index (χ1) is 18.3. The summed E-state index contributed by atoms with van der Waals surface area (Å²) in [6.07, 6.45) is 3.20. The van der Waals surface area contributed by atoms with Crippen LogP contribution in [0.1, 0.15) is 57.6 Å². The van der Waals surface area contributed by atoms with E-state index in [1.807, 2.05) is 52.0 Å². The number of ketones is 1. The molecule has 2 aromatic rings. The second kappa shape index (κ2) is 12.9. The number of carbonyl (C=O) groups is 1. The van der Waals surface area contributed by atoms with Gasteiger partial charge in [0.15, 0.2) is 5.78 Å². The first-order valence-electron chi connectivity index (χ1n) is 14.0. The normalized spacial score (nSPS) is 18.7. The highest BCUT2D eigenvalue weighted by atomic mass is 16.5. The Bertz CT molecular complexity index is 1110. The zero-order valence-electron chi connectivity index (χ0n) is 23.4. The van der Waals surface area contributed by atoms with Crippen molar-refractivity contribution in [1.82, 2.24) is 4.90 Å². The number of ether oxygens (including phenoxy) is 3. The zero-order chi connectivity index (χ0) is 27.1. The van der Waals surface area contributed by atoms with Crippen molar-refractivity contribution in [3.8, 4) is 16.9 Å². The van der Waals surface area contributed by atoms with Gasteiger partial charge >= 0.3 is 0 Å². The van der Waals surface area contributed by atoms with Crippen LogP contribution in [0.3, 0.4) is 0 Å². The van der Waals surface area contributed by atoms with Crippen LogP contribution in [-0.2, 0) is 14.3 Å². The van der Waals surface area contributed by atoms with Gasteiger partial charge in [-0.05, 0) is 72.6 Å². The summed E-state index contributed by atoms with van der Waals surface area (Å²) in [6, 6.07) is 14.3. The Labute approximate surface area is 227 Å². The summed E-state index contributed by atoms with van der Waals surface area (Å²) in [5.41, 5.74) is 4.17. The number of rotatable bonds is 11. The predicted molar refractivity (Wildman–Crippen MR) is 152 cm³/mol. The van der Waals surface area contributed by atoms with Crippen LogP contribution in [0.15, 0.2) is 48.2 Å². The molecular formula is C32H43NO5. The Hall–Kier alpha value is -2.67. The van der Waals surface area contributed by atoms with Crippen LogP contribution in [0.4, 0.5) is 0 Å². The van der Waals surface area contributed by atoms with E-state index in [0.29, 0.717) is 31.6 Å². The lowest BCUT2D eigenvalue weighted by Crippen LogP contribution is -2.39. The molecule has 1 fully saturated rings. The molecule has 1 heterocycles. The first kappa shape index (κ1) is 28.3. The smallest absolute Gasteiger partial charge is 0.167 e. The third-order valence-corrected chi connectivity index (χ3v) is 7.51. The minimum absolute atomic E-state index is 0.0166. The minimum Gasteiger partial charge on any atom is -0.512 e. The molecule has 2 aliphatic rings. The topological polar surface area (TPSA) is 68.2 Å². The molecule has 0 atom stereocenters. The fourth-order valence-corrected chi connectivity index (χ4v) is 5.39. The molecule has 38 heavy (non-hydrogen) atoms. The number of hydrogen-bond donors (Lipinski definition) is 1. The van der Waals surface area contributed by atoms with Crippen molar-refractivity contribution in [3.05, 3.63) is 59.4 Å². The number of aliphatic hydroxyl groups is 1. The van der Waals surface area contributed by atoms with Gasteiger partial charge in [0.05, 0.1) is 25.4 Å². The number of carbonyl (C=O) groups excluding carboxylic acids is 1. The summed E-state index contributed by atoms with van der Waals surface area (Å²) in [5.74, 6) is 1.10. The summed E-state index contributed by atoms with van der Waals surface area (Å²) in [4.78, 5) is 15.4. The van der Waals surface area contributed by atoms with E-state index in [1.54, 1.807) is 0 Å². The SMILES string of the molecule is CCOCCOCCN1CCC(Oc2ccc(-c3ccc(C)c(C4=C(O)CC(C)(C)CC4=O)c3)cc2)CC1. The molecule has 0 bridgehead atoms. The zero-order valence-corrected chi connectivity index (χ0v) is 23.4. The van der Waals surface area contributed by atoms with Crippen molar-refractivity contribution >= 4 is 11.4 Å². The van der Waals surface area contributed by atoms with Gasteiger partial charge in [-0.1, -0.05) is 38.1 Å². The van der Waals surface area contributed by atoms with Crippen molar-refractivity contribution in [2.75, 3.05) is 46.1 Å². The standard InChI is InChI=1S/C32H43NO5/c1-5-36-18-19-37-17-16-33-14-12-27(13-15-33)38-26-10-8-24(9-11-26)25-7-6-23(2)28(20-25)31-29(34)21-32(3,4)22-30(31)35/h6-11,20,27,34H,5,12-19,21-22H2,1-4H3. The fourth-order valence-electron chi connectivity index (χ4n) is 5.39. The molecule has 206 valence electrons. The Kier molecular flexibility index (Phi) is 9.64. The maximum Gasteiger partial charge on any atom is 0.167 e. The first-order valence-corrected chi connectivity index (χ1v) is 14.0. The van der Waals surface area contributed by atoms with Crippen molar-refractivity contribution in [2.45, 2.75) is 59.5 Å². The average Bonchev–Trinajstić information content (AvgIpc) is 2.87. The van der Waals surface area contributed by atoms with Crippen LogP contribution in [0.2, 0.25) is 0 Å². The molecule has 0 saturated carbocycles. The number of hydrogen-bond acceptors (Lipinski definition) is 6. The lowest BCUT2D eigenvalue weighted by atomic mass is 9.74. The molecule has 0 spiro atoms. The third-order valence-electron chi connectivity index (χ3n) is 7.51. The van der Waals surface area contributed by atoms with E-state index in [1.165, 1.54) is 0 Å². The molecule has 4 rings (SSSR count). The molecule has 0 aromatic heterocycles. The number of aryl methyl sites for hydroxylation is 1. The Morgan fingerprint density at radius 2 is 1.63 bits per heavy atom. The lowest BCUT2D eigenvalue weighted by Gasteiger charge is -2.32. The lowest BCUT2D eigenvalue weighted by molar-refractivity contribution is -0.116. The van der Waals surface area contributed by atoms with Gasteiger partial charge in [-0.2, -0.15) is 0 Å². The van der Waals surface area contributed by atoms with E-state index in [4.69, 9.17) is 14.2 Å². The van der Waals surface area contributed by atoms with Gasteiger partial charge < -0.3 is 24.2 Å². The van der Waals surface area contributed by atoms with E-state index >= 15 is 0 Å². The third kappa shape index (κ3) is 7.46. The van der Waals surface area contributed by atoms with Crippen molar-refractivity contribution in [1.29, 1.82) is 0 Å². The Morgan fingerprint density at radius 3 is 2.32 bits per heavy atom. The number of allylic oxidation sites excluding steroid dienone is 2. The number of nitrogens with zero attached hydrogens (tertiary/aromatic N) is 1. The van der Waals surface area contributed by atoms with Crippen LogP contribution in [0, 0.1) is 12.3 Å². The number of benzene rings is 2. The van der Waals surface area contributed by atoms with Crippen molar-refractivity contribution in [2.24, 2.45) is 5.41 Å². The summed E-state index contributed by atoms with van der Waals surface area (Å²) in [5, 5.41) is 10.7. The second-order valence-corrected chi connectivity index (χ2v) is 11.3. The van der Waals surface area contributed by atoms with Gasteiger partial charge in [0.2, 0.25) is 0 Å². The molecule has 0 amide bonds. The van der Waals surface area contributed by atoms with Crippen LogP contribution in [0.5, 0.6) is 5.75 Å². The highest BCUT2D eigenvalue weighted by molar-refractivity contribution is 6.22. The average molecular weight is 522 g/mol. The van der Waals surface area contributed by atoms with E-state index in [-0.39, 0.29) is 23.1 Å². The van der Waals surface area contributed by atoms with Crippen molar-refractivity contribution in [3.63, 3.8) is 0 Å². The van der Waals surface area contributed by atoms with Crippen LogP contribution in [-0.4, -0.2) is 68.0 Å². The molecule has 1 aliphatic carbocycles. The van der Waals surface area contributed by atoms with Gasteiger partial charge in [-0.15, -0.1) is 0 Å². The highest BCUT2D eigenvalue weighted by Gasteiger charge is 2.34. The van der Waals surface area contributed by atoms with E-state index in [9.17, 15) is 9.90 Å². The number of piperidine rings is 1. The molecule has 0 radical (unpaired) electrons. The van der Waals surface area contributed by atoms with Gasteiger partial charge in [-0.3, -0.25) is 4.79 Å². The Morgan fingerprint density at radius 1 is 0.947 bits per heavy atom. The Balaban J connectivity index is 1.33. The molecule has 6 heteroatoms. The number of likely N-dealkylation sites (tertiary alicyclic amines) is 1. The highest BCUT2D eigenvalue weighted by Crippen LogP contribution is 2.40. The maximum absolute atomic E-state index is 12.9. The van der Waals surface area contributed by atoms with Gasteiger partial charge in [-0.25, -0.2) is 0 Å². The quantitative estimate of drug-likeness (QED) is 0.354.